The summed E-state index contributed by atoms with van der Waals surface area (Å²) in [6, 6.07) is 1.14. The van der Waals surface area contributed by atoms with Gasteiger partial charge in [0.25, 0.3) is 0 Å². The van der Waals surface area contributed by atoms with Gasteiger partial charge >= 0.3 is 0 Å². The first-order valence-electron chi connectivity index (χ1n) is 4.96. The average molecular weight is 185 g/mol. The second kappa shape index (κ2) is 9.01. The molecule has 1 nitrogen and oxygen atoms in total. The highest BCUT2D eigenvalue weighted by atomic mass is 28.3. The fourth-order valence-electron chi connectivity index (χ4n) is 1.04. The first kappa shape index (κ1) is 11.9. The van der Waals surface area contributed by atoms with Crippen LogP contribution in [0, 0.1) is 0 Å². The Labute approximate surface area is 78.5 Å². The van der Waals surface area contributed by atoms with Gasteiger partial charge in [-0.3, -0.25) is 0 Å². The Morgan fingerprint density at radius 2 is 2.00 bits per heavy atom. The van der Waals surface area contributed by atoms with Crippen molar-refractivity contribution in [1.82, 2.24) is 0 Å². The number of rotatable bonds is 8. The van der Waals surface area contributed by atoms with Gasteiger partial charge < -0.3 is 4.43 Å². The molecule has 12 heavy (non-hydrogen) atoms. The van der Waals surface area contributed by atoms with Crippen molar-refractivity contribution in [1.29, 1.82) is 0 Å². The first-order chi connectivity index (χ1) is 5.85. The monoisotopic (exact) mass is 185 g/mol. The van der Waals surface area contributed by atoms with Gasteiger partial charge in [0, 0.05) is 6.61 Å². The molecule has 0 aromatic heterocycles. The molecule has 0 saturated carbocycles. The third kappa shape index (κ3) is 6.62. The van der Waals surface area contributed by atoms with Gasteiger partial charge in [0.15, 0.2) is 0 Å². The fraction of sp³-hybridized carbons (Fsp3) is 0.800. The lowest BCUT2D eigenvalue weighted by molar-refractivity contribution is 0.312. The zero-order valence-corrected chi connectivity index (χ0v) is 9.44. The van der Waals surface area contributed by atoms with Gasteiger partial charge in [0.1, 0.15) is 0 Å². The molecule has 2 heteroatoms. The molecule has 1 radical (unpaired) electrons. The van der Waals surface area contributed by atoms with Crippen LogP contribution in [0.1, 0.15) is 39.5 Å². The summed E-state index contributed by atoms with van der Waals surface area (Å²) in [5.74, 6) is 0. The second-order valence-corrected chi connectivity index (χ2v) is 5.27. The predicted molar refractivity (Wildman–Crippen MR) is 56.5 cm³/mol. The van der Waals surface area contributed by atoms with Crippen LogP contribution >= 0.6 is 0 Å². The van der Waals surface area contributed by atoms with Crippen molar-refractivity contribution in [3.8, 4) is 0 Å². The fourth-order valence-corrected chi connectivity index (χ4v) is 2.05. The molecule has 0 spiro atoms. The van der Waals surface area contributed by atoms with Crippen molar-refractivity contribution in [2.45, 2.75) is 45.6 Å². The summed E-state index contributed by atoms with van der Waals surface area (Å²) in [5.41, 5.74) is 1.99. The minimum Gasteiger partial charge on any atom is -0.412 e. The van der Waals surface area contributed by atoms with Crippen molar-refractivity contribution >= 4 is 9.04 Å². The van der Waals surface area contributed by atoms with Crippen LogP contribution in [-0.2, 0) is 4.43 Å². The van der Waals surface area contributed by atoms with Crippen LogP contribution in [0.2, 0.25) is 6.04 Å². The summed E-state index contributed by atoms with van der Waals surface area (Å²) >= 11 is 0. The smallest absolute Gasteiger partial charge is 0.238 e. The summed E-state index contributed by atoms with van der Waals surface area (Å²) < 4.78 is 5.67. The molecule has 0 amide bonds. The Balaban J connectivity index is 3.12. The molecule has 0 atom stereocenters. The van der Waals surface area contributed by atoms with Crippen LogP contribution in [0.15, 0.2) is 12.3 Å². The zero-order chi connectivity index (χ0) is 9.23. The van der Waals surface area contributed by atoms with E-state index in [1.54, 1.807) is 0 Å². The molecule has 0 saturated heterocycles. The second-order valence-electron chi connectivity index (χ2n) is 2.93. The van der Waals surface area contributed by atoms with Gasteiger partial charge in [-0.2, -0.15) is 0 Å². The maximum atomic E-state index is 5.67. The minimum atomic E-state index is -0.646. The molecular formula is C10H21OSi. The number of hydrogen-bond donors (Lipinski definition) is 0. The topological polar surface area (TPSA) is 9.23 Å². The molecule has 0 fully saturated rings. The summed E-state index contributed by atoms with van der Waals surface area (Å²) in [7, 11) is -0.646. The Kier molecular flexibility index (Phi) is 8.95. The van der Waals surface area contributed by atoms with Gasteiger partial charge in [-0.05, 0) is 12.5 Å². The van der Waals surface area contributed by atoms with Crippen molar-refractivity contribution in [3.05, 3.63) is 12.3 Å². The highest BCUT2D eigenvalue weighted by Crippen LogP contribution is 2.01. The van der Waals surface area contributed by atoms with E-state index in [0.29, 0.717) is 0 Å². The van der Waals surface area contributed by atoms with Gasteiger partial charge in [-0.1, -0.05) is 38.8 Å². The van der Waals surface area contributed by atoms with Gasteiger partial charge in [-0.25, -0.2) is 0 Å². The van der Waals surface area contributed by atoms with Crippen molar-refractivity contribution in [2.24, 2.45) is 0 Å². The third-order valence-electron chi connectivity index (χ3n) is 1.86. The van der Waals surface area contributed by atoms with E-state index in [1.165, 1.54) is 25.7 Å². The average Bonchev–Trinajstić information content (AvgIpc) is 2.11. The molecule has 0 aliphatic heterocycles. The summed E-state index contributed by atoms with van der Waals surface area (Å²) in [4.78, 5) is 0. The van der Waals surface area contributed by atoms with E-state index in [0.717, 1.165) is 12.7 Å². The molecule has 0 aliphatic rings. The lowest BCUT2D eigenvalue weighted by atomic mass is 10.2. The minimum absolute atomic E-state index is 0.646. The molecule has 0 heterocycles. The maximum Gasteiger partial charge on any atom is 0.238 e. The molecule has 0 aromatic carbocycles. The van der Waals surface area contributed by atoms with E-state index in [-0.39, 0.29) is 0 Å². The molecule has 0 N–H and O–H groups in total. The normalized spacial score (nSPS) is 10.6. The Morgan fingerprint density at radius 3 is 2.50 bits per heavy atom. The van der Waals surface area contributed by atoms with E-state index in [1.807, 2.05) is 5.70 Å². The Hall–Kier alpha value is -0.0831. The summed E-state index contributed by atoms with van der Waals surface area (Å²) in [5, 5.41) is 0. The third-order valence-corrected chi connectivity index (χ3v) is 3.59. The van der Waals surface area contributed by atoms with E-state index in [2.05, 4.69) is 20.4 Å². The molecule has 0 aliphatic carbocycles. The standard InChI is InChI=1S/C10H21OSi/c1-4-7-8-9-10-11-12(5-2)6-3/h5H,2,4,6-10H2,1,3H3. The van der Waals surface area contributed by atoms with Crippen molar-refractivity contribution < 1.29 is 4.43 Å². The van der Waals surface area contributed by atoms with Crippen LogP contribution in [-0.4, -0.2) is 15.6 Å². The highest BCUT2D eigenvalue weighted by Gasteiger charge is 2.03. The van der Waals surface area contributed by atoms with Gasteiger partial charge in [-0.15, -0.1) is 6.58 Å². The lowest BCUT2D eigenvalue weighted by Gasteiger charge is -2.08. The predicted octanol–water partition coefficient (Wildman–Crippen LogP) is 3.32. The van der Waals surface area contributed by atoms with Gasteiger partial charge in [0.05, 0.1) is 0 Å². The van der Waals surface area contributed by atoms with E-state index < -0.39 is 9.04 Å². The van der Waals surface area contributed by atoms with Crippen LogP contribution in [0.25, 0.3) is 0 Å². The highest BCUT2D eigenvalue weighted by molar-refractivity contribution is 6.57. The molecule has 0 unspecified atom stereocenters. The maximum absolute atomic E-state index is 5.67. The van der Waals surface area contributed by atoms with Crippen LogP contribution < -0.4 is 0 Å². The number of unbranched alkanes of at least 4 members (excludes halogenated alkanes) is 3. The molecule has 71 valence electrons. The SMILES string of the molecule is C=C[Si](CC)OCCCCCC. The summed E-state index contributed by atoms with van der Waals surface area (Å²) in [6.07, 6.45) is 5.17. The van der Waals surface area contributed by atoms with Gasteiger partial charge in [0.2, 0.25) is 9.04 Å². The molecular weight excluding hydrogens is 164 g/mol. The Bertz CT molecular complexity index is 104. The molecule has 0 bridgehead atoms. The van der Waals surface area contributed by atoms with Crippen LogP contribution in [0.5, 0.6) is 0 Å². The van der Waals surface area contributed by atoms with Crippen molar-refractivity contribution in [2.75, 3.05) is 6.61 Å². The largest absolute Gasteiger partial charge is 0.412 e. The van der Waals surface area contributed by atoms with E-state index >= 15 is 0 Å². The van der Waals surface area contributed by atoms with Crippen molar-refractivity contribution in [3.63, 3.8) is 0 Å². The first-order valence-corrected chi connectivity index (χ1v) is 6.65. The molecule has 0 rings (SSSR count). The van der Waals surface area contributed by atoms with E-state index in [9.17, 15) is 0 Å². The summed E-state index contributed by atoms with van der Waals surface area (Å²) in [6.45, 7) is 9.10. The molecule has 0 aromatic rings. The van der Waals surface area contributed by atoms with E-state index in [4.69, 9.17) is 4.43 Å². The number of hydrogen-bond acceptors (Lipinski definition) is 1. The lowest BCUT2D eigenvalue weighted by Crippen LogP contribution is -2.14. The van der Waals surface area contributed by atoms with Crippen LogP contribution in [0.4, 0.5) is 0 Å². The zero-order valence-electron chi connectivity index (χ0n) is 8.44. The Morgan fingerprint density at radius 1 is 1.25 bits per heavy atom. The van der Waals surface area contributed by atoms with Crippen LogP contribution in [0.3, 0.4) is 0 Å². The quantitative estimate of drug-likeness (QED) is 0.416.